The van der Waals surface area contributed by atoms with E-state index in [4.69, 9.17) is 0 Å². The Kier molecular flexibility index (Phi) is 3.96. The zero-order chi connectivity index (χ0) is 8.15. The molecule has 2 heteroatoms. The van der Waals surface area contributed by atoms with Crippen LogP contribution in [0, 0.1) is 0 Å². The van der Waals surface area contributed by atoms with Crippen molar-refractivity contribution in [2.45, 2.75) is 19.4 Å². The molecule has 0 saturated carbocycles. The van der Waals surface area contributed by atoms with Gasteiger partial charge >= 0.3 is 0 Å². The van der Waals surface area contributed by atoms with Gasteiger partial charge in [-0.05, 0) is 33.0 Å². The Bertz CT molecular complexity index is 129. The summed E-state index contributed by atoms with van der Waals surface area (Å²) in [4.78, 5) is 12.2. The van der Waals surface area contributed by atoms with Gasteiger partial charge in [-0.25, -0.2) is 0 Å². The van der Waals surface area contributed by atoms with E-state index in [-0.39, 0.29) is 0 Å². The van der Waals surface area contributed by atoms with E-state index in [0.717, 1.165) is 12.7 Å². The quantitative estimate of drug-likeness (QED) is 0.431. The Morgan fingerprint density at radius 2 is 2.20 bits per heavy atom. The van der Waals surface area contributed by atoms with Gasteiger partial charge in [0.15, 0.2) is 0 Å². The highest BCUT2D eigenvalue weighted by Gasteiger charge is 2.04. The molecule has 10 heavy (non-hydrogen) atoms. The van der Waals surface area contributed by atoms with Gasteiger partial charge in [-0.15, -0.1) is 0 Å². The molecule has 58 valence electrons. The molecule has 0 bridgehead atoms. The molecule has 0 N–H and O–H groups in total. The third kappa shape index (κ3) is 3.41. The summed E-state index contributed by atoms with van der Waals surface area (Å²) in [6.45, 7) is 5.66. The van der Waals surface area contributed by atoms with Crippen molar-refractivity contribution in [2.75, 3.05) is 14.1 Å². The van der Waals surface area contributed by atoms with Gasteiger partial charge in [0.1, 0.15) is 6.29 Å². The van der Waals surface area contributed by atoms with Crippen LogP contribution in [0.2, 0.25) is 0 Å². The van der Waals surface area contributed by atoms with Gasteiger partial charge in [-0.1, -0.05) is 6.58 Å². The van der Waals surface area contributed by atoms with Gasteiger partial charge < -0.3 is 4.90 Å². The molecule has 1 unspecified atom stereocenters. The Hall–Kier alpha value is -0.630. The first-order valence-corrected chi connectivity index (χ1v) is 3.37. The SMILES string of the molecule is C=C(C=O)CC(C)N(C)C. The fourth-order valence-corrected chi connectivity index (χ4v) is 0.610. The lowest BCUT2D eigenvalue weighted by molar-refractivity contribution is -0.105. The second-order valence-corrected chi connectivity index (χ2v) is 2.79. The lowest BCUT2D eigenvalue weighted by Gasteiger charge is -2.18. The molecule has 0 fully saturated rings. The summed E-state index contributed by atoms with van der Waals surface area (Å²) in [6, 6.07) is 0.401. The molecule has 0 aromatic rings. The number of nitrogens with zero attached hydrogens (tertiary/aromatic N) is 1. The summed E-state index contributed by atoms with van der Waals surface area (Å²) < 4.78 is 0. The van der Waals surface area contributed by atoms with Gasteiger partial charge in [-0.3, -0.25) is 4.79 Å². The molecule has 0 amide bonds. The molecular weight excluding hydrogens is 126 g/mol. The summed E-state index contributed by atoms with van der Waals surface area (Å²) in [5.41, 5.74) is 0.668. The molecule has 0 radical (unpaired) electrons. The molecule has 0 aliphatic heterocycles. The summed E-state index contributed by atoms with van der Waals surface area (Å²) >= 11 is 0. The molecule has 2 nitrogen and oxygen atoms in total. The third-order valence-electron chi connectivity index (χ3n) is 1.61. The normalized spacial score (nSPS) is 13.2. The molecule has 0 rings (SSSR count). The molecule has 0 saturated heterocycles. The Labute approximate surface area is 62.5 Å². The molecule has 0 aromatic heterocycles. The smallest absolute Gasteiger partial charge is 0.145 e. The van der Waals surface area contributed by atoms with Gasteiger partial charge in [0.2, 0.25) is 0 Å². The van der Waals surface area contributed by atoms with E-state index in [1.165, 1.54) is 0 Å². The van der Waals surface area contributed by atoms with Crippen molar-refractivity contribution < 1.29 is 4.79 Å². The first-order chi connectivity index (χ1) is 4.57. The van der Waals surface area contributed by atoms with Crippen molar-refractivity contribution in [3.05, 3.63) is 12.2 Å². The van der Waals surface area contributed by atoms with Crippen LogP contribution in [0.1, 0.15) is 13.3 Å². The number of aldehydes is 1. The average Bonchev–Trinajstić information content (AvgIpc) is 1.87. The summed E-state index contributed by atoms with van der Waals surface area (Å²) in [5, 5.41) is 0. The average molecular weight is 141 g/mol. The Morgan fingerprint density at radius 1 is 1.70 bits per heavy atom. The number of carbonyl (C=O) groups excluding carboxylic acids is 1. The van der Waals surface area contributed by atoms with Crippen molar-refractivity contribution >= 4 is 6.29 Å². The minimum Gasteiger partial charge on any atom is -0.306 e. The van der Waals surface area contributed by atoms with Crippen LogP contribution < -0.4 is 0 Å². The van der Waals surface area contributed by atoms with Crippen LogP contribution in [0.25, 0.3) is 0 Å². The van der Waals surface area contributed by atoms with Crippen LogP contribution in [0.4, 0.5) is 0 Å². The Morgan fingerprint density at radius 3 is 2.50 bits per heavy atom. The monoisotopic (exact) mass is 141 g/mol. The van der Waals surface area contributed by atoms with Crippen molar-refractivity contribution in [2.24, 2.45) is 0 Å². The summed E-state index contributed by atoms with van der Waals surface area (Å²) in [5.74, 6) is 0. The third-order valence-corrected chi connectivity index (χ3v) is 1.61. The van der Waals surface area contributed by atoms with E-state index in [0.29, 0.717) is 11.6 Å². The van der Waals surface area contributed by atoms with Crippen LogP contribution >= 0.6 is 0 Å². The molecule has 0 aliphatic rings. The molecular formula is C8H15NO. The van der Waals surface area contributed by atoms with E-state index in [1.54, 1.807) is 0 Å². The lowest BCUT2D eigenvalue weighted by atomic mass is 10.1. The van der Waals surface area contributed by atoms with E-state index in [2.05, 4.69) is 18.4 Å². The molecule has 0 aromatic carbocycles. The molecule has 1 atom stereocenters. The van der Waals surface area contributed by atoms with Crippen molar-refractivity contribution in [3.63, 3.8) is 0 Å². The van der Waals surface area contributed by atoms with Crippen LogP contribution in [0.3, 0.4) is 0 Å². The zero-order valence-corrected chi connectivity index (χ0v) is 6.92. The second kappa shape index (κ2) is 4.23. The van der Waals surface area contributed by atoms with E-state index in [1.807, 2.05) is 14.1 Å². The minimum absolute atomic E-state index is 0.401. The fraction of sp³-hybridized carbons (Fsp3) is 0.625. The predicted molar refractivity (Wildman–Crippen MR) is 43.0 cm³/mol. The largest absolute Gasteiger partial charge is 0.306 e. The molecule has 0 aliphatic carbocycles. The number of rotatable bonds is 4. The zero-order valence-electron chi connectivity index (χ0n) is 6.92. The topological polar surface area (TPSA) is 20.3 Å². The second-order valence-electron chi connectivity index (χ2n) is 2.79. The first-order valence-electron chi connectivity index (χ1n) is 3.37. The highest BCUT2D eigenvalue weighted by atomic mass is 16.1. The first kappa shape index (κ1) is 9.37. The van der Waals surface area contributed by atoms with Crippen LogP contribution in [-0.2, 0) is 4.79 Å². The standard InChI is InChI=1S/C8H15NO/c1-7(6-10)5-8(2)9(3)4/h6,8H,1,5H2,2-4H3. The number of hydrogen-bond donors (Lipinski definition) is 0. The Balaban J connectivity index is 3.67. The number of carbonyl (C=O) groups is 1. The van der Waals surface area contributed by atoms with E-state index in [9.17, 15) is 4.79 Å². The van der Waals surface area contributed by atoms with Crippen LogP contribution in [-0.4, -0.2) is 31.3 Å². The van der Waals surface area contributed by atoms with Crippen molar-refractivity contribution in [1.29, 1.82) is 0 Å². The van der Waals surface area contributed by atoms with Crippen LogP contribution in [0.5, 0.6) is 0 Å². The minimum atomic E-state index is 0.401. The summed E-state index contributed by atoms with van der Waals surface area (Å²) in [6.07, 6.45) is 1.58. The molecule has 0 heterocycles. The van der Waals surface area contributed by atoms with Crippen molar-refractivity contribution in [3.8, 4) is 0 Å². The van der Waals surface area contributed by atoms with E-state index >= 15 is 0 Å². The lowest BCUT2D eigenvalue weighted by Crippen LogP contribution is -2.24. The maximum absolute atomic E-state index is 10.1. The predicted octanol–water partition coefficient (Wildman–Crippen LogP) is 1.08. The van der Waals surface area contributed by atoms with E-state index < -0.39 is 0 Å². The van der Waals surface area contributed by atoms with Gasteiger partial charge in [0, 0.05) is 6.04 Å². The van der Waals surface area contributed by atoms with Crippen LogP contribution in [0.15, 0.2) is 12.2 Å². The molecule has 0 spiro atoms. The van der Waals surface area contributed by atoms with Gasteiger partial charge in [0.25, 0.3) is 0 Å². The van der Waals surface area contributed by atoms with Crippen molar-refractivity contribution in [1.82, 2.24) is 4.90 Å². The highest BCUT2D eigenvalue weighted by molar-refractivity contribution is 5.72. The highest BCUT2D eigenvalue weighted by Crippen LogP contribution is 2.03. The van der Waals surface area contributed by atoms with Gasteiger partial charge in [-0.2, -0.15) is 0 Å². The maximum atomic E-state index is 10.1. The summed E-state index contributed by atoms with van der Waals surface area (Å²) in [7, 11) is 3.98. The fourth-order valence-electron chi connectivity index (χ4n) is 0.610. The number of hydrogen-bond acceptors (Lipinski definition) is 2. The maximum Gasteiger partial charge on any atom is 0.145 e. The van der Waals surface area contributed by atoms with Gasteiger partial charge in [0.05, 0.1) is 0 Å².